The van der Waals surface area contributed by atoms with E-state index in [4.69, 9.17) is 9.47 Å². The summed E-state index contributed by atoms with van der Waals surface area (Å²) in [4.78, 5) is 11.2. The Labute approximate surface area is 152 Å². The number of rotatable bonds is 3. The van der Waals surface area contributed by atoms with Gasteiger partial charge in [-0.1, -0.05) is 30.4 Å². The lowest BCUT2D eigenvalue weighted by Gasteiger charge is -2.54. The summed E-state index contributed by atoms with van der Waals surface area (Å²) in [5, 5.41) is 9.26. The molecule has 6 rings (SSSR count). The lowest BCUT2D eigenvalue weighted by Crippen LogP contribution is -2.50. The van der Waals surface area contributed by atoms with Gasteiger partial charge in [-0.15, -0.1) is 0 Å². The Morgan fingerprint density at radius 2 is 1.88 bits per heavy atom. The van der Waals surface area contributed by atoms with Crippen LogP contribution in [0, 0.1) is 41.4 Å². The van der Waals surface area contributed by atoms with Gasteiger partial charge in [0.15, 0.2) is 11.5 Å². The number of carboxylic acids is 1. The third-order valence-electron chi connectivity index (χ3n) is 7.64. The minimum atomic E-state index is -0.646. The van der Waals surface area contributed by atoms with Crippen molar-refractivity contribution in [1.82, 2.24) is 0 Å². The average molecular weight is 350 g/mol. The zero-order valence-electron chi connectivity index (χ0n) is 14.5. The van der Waals surface area contributed by atoms with Crippen LogP contribution in [0.25, 0.3) is 0 Å². The van der Waals surface area contributed by atoms with E-state index in [9.17, 15) is 9.90 Å². The maximum Gasteiger partial charge on any atom is 0.303 e. The molecule has 5 aliphatic rings. The van der Waals surface area contributed by atoms with Crippen LogP contribution in [0.5, 0.6) is 11.5 Å². The van der Waals surface area contributed by atoms with Gasteiger partial charge in [-0.25, -0.2) is 0 Å². The van der Waals surface area contributed by atoms with Gasteiger partial charge in [0.25, 0.3) is 0 Å². The number of hydrogen-bond acceptors (Lipinski definition) is 3. The first kappa shape index (κ1) is 14.9. The number of carbonyl (C=O) groups is 1. The third kappa shape index (κ3) is 1.88. The largest absolute Gasteiger partial charge is 0.481 e. The smallest absolute Gasteiger partial charge is 0.303 e. The predicted molar refractivity (Wildman–Crippen MR) is 94.9 cm³/mol. The van der Waals surface area contributed by atoms with E-state index in [2.05, 4.69) is 36.4 Å². The van der Waals surface area contributed by atoms with Crippen molar-refractivity contribution >= 4 is 5.97 Å². The minimum absolute atomic E-state index is 0.309. The molecular formula is C22H22O4. The molecule has 26 heavy (non-hydrogen) atoms. The highest BCUT2D eigenvalue weighted by Crippen LogP contribution is 2.68. The molecule has 0 bridgehead atoms. The molecule has 134 valence electrons. The Balaban J connectivity index is 1.35. The number of hydrogen-bond donors (Lipinski definition) is 1. The molecule has 8 atom stereocenters. The number of fused-ring (bicyclic) bond motifs is 1. The summed E-state index contributed by atoms with van der Waals surface area (Å²) in [5.41, 5.74) is 1.29. The summed E-state index contributed by atoms with van der Waals surface area (Å²) >= 11 is 0. The highest BCUT2D eigenvalue weighted by Gasteiger charge is 2.62. The molecule has 0 spiro atoms. The standard InChI is InChI=1S/C22H22O4/c23-20(24)9-16-15-5-4-14-13(3-1-12-7-17(16)22(15)21(12)14)11-2-6-18-19(8-11)26-10-25-18/h1-6,8,12-17,21-22H,7,9-10H2,(H,23,24). The van der Waals surface area contributed by atoms with Crippen molar-refractivity contribution in [2.45, 2.75) is 18.8 Å². The summed E-state index contributed by atoms with van der Waals surface area (Å²) < 4.78 is 11.0. The molecule has 8 unspecified atom stereocenters. The van der Waals surface area contributed by atoms with Gasteiger partial charge in [0.05, 0.1) is 0 Å². The fourth-order valence-corrected chi connectivity index (χ4v) is 6.72. The van der Waals surface area contributed by atoms with Crippen LogP contribution in [0.15, 0.2) is 42.5 Å². The highest BCUT2D eigenvalue weighted by atomic mass is 16.7. The quantitative estimate of drug-likeness (QED) is 0.842. The van der Waals surface area contributed by atoms with Gasteiger partial charge in [0.1, 0.15) is 0 Å². The van der Waals surface area contributed by atoms with Crippen LogP contribution >= 0.6 is 0 Å². The first-order chi connectivity index (χ1) is 12.7. The van der Waals surface area contributed by atoms with Crippen molar-refractivity contribution in [3.8, 4) is 11.5 Å². The number of aliphatic carboxylic acids is 1. The molecule has 2 fully saturated rings. The fraction of sp³-hybridized carbons (Fsp3) is 0.500. The number of allylic oxidation sites excluding steroid dienone is 4. The first-order valence-electron chi connectivity index (χ1n) is 9.69. The lowest BCUT2D eigenvalue weighted by molar-refractivity contribution is -0.142. The minimum Gasteiger partial charge on any atom is -0.481 e. The Kier molecular flexibility index (Phi) is 2.95. The Morgan fingerprint density at radius 1 is 1.04 bits per heavy atom. The normalized spacial score (nSPS) is 43.1. The molecule has 2 saturated carbocycles. The van der Waals surface area contributed by atoms with E-state index in [1.807, 2.05) is 6.07 Å². The van der Waals surface area contributed by atoms with Gasteiger partial charge in [-0.2, -0.15) is 0 Å². The van der Waals surface area contributed by atoms with E-state index in [1.165, 1.54) is 12.0 Å². The molecule has 4 nitrogen and oxygen atoms in total. The lowest BCUT2D eigenvalue weighted by atomic mass is 9.50. The molecule has 4 aliphatic carbocycles. The van der Waals surface area contributed by atoms with Crippen LogP contribution in [-0.4, -0.2) is 17.9 Å². The van der Waals surface area contributed by atoms with Crippen molar-refractivity contribution < 1.29 is 19.4 Å². The zero-order chi connectivity index (χ0) is 17.4. The van der Waals surface area contributed by atoms with Crippen LogP contribution in [0.2, 0.25) is 0 Å². The highest BCUT2D eigenvalue weighted by molar-refractivity contribution is 5.67. The van der Waals surface area contributed by atoms with Gasteiger partial charge in [0.2, 0.25) is 6.79 Å². The second-order valence-electron chi connectivity index (χ2n) is 8.54. The zero-order valence-corrected chi connectivity index (χ0v) is 14.5. The van der Waals surface area contributed by atoms with E-state index in [1.54, 1.807) is 0 Å². The summed E-state index contributed by atoms with van der Waals surface area (Å²) in [6.45, 7) is 0.309. The van der Waals surface area contributed by atoms with Crippen LogP contribution in [-0.2, 0) is 4.79 Å². The Hall–Kier alpha value is -2.23. The molecule has 1 aromatic carbocycles. The second-order valence-corrected chi connectivity index (χ2v) is 8.54. The summed E-state index contributed by atoms with van der Waals surface area (Å²) in [5.74, 6) is 5.32. The van der Waals surface area contributed by atoms with Gasteiger partial charge < -0.3 is 14.6 Å². The molecule has 1 N–H and O–H groups in total. The van der Waals surface area contributed by atoms with Crippen molar-refractivity contribution in [2.24, 2.45) is 41.4 Å². The number of ether oxygens (including phenoxy) is 2. The van der Waals surface area contributed by atoms with Crippen molar-refractivity contribution in [3.05, 3.63) is 48.1 Å². The Morgan fingerprint density at radius 3 is 2.77 bits per heavy atom. The maximum atomic E-state index is 11.2. The fourth-order valence-electron chi connectivity index (χ4n) is 6.72. The molecule has 1 heterocycles. The molecule has 0 amide bonds. The van der Waals surface area contributed by atoms with E-state index in [-0.39, 0.29) is 0 Å². The molecule has 1 aliphatic heterocycles. The second kappa shape index (κ2) is 5.15. The maximum absolute atomic E-state index is 11.2. The van der Waals surface area contributed by atoms with Crippen LogP contribution in [0.4, 0.5) is 0 Å². The van der Waals surface area contributed by atoms with Crippen LogP contribution < -0.4 is 9.47 Å². The molecular weight excluding hydrogens is 328 g/mol. The van der Waals surface area contributed by atoms with Crippen LogP contribution in [0.3, 0.4) is 0 Å². The molecule has 1 aromatic rings. The first-order valence-corrected chi connectivity index (χ1v) is 9.69. The number of carboxylic acid groups (broad SMARTS) is 1. The van der Waals surface area contributed by atoms with Gasteiger partial charge in [0, 0.05) is 12.3 Å². The average Bonchev–Trinajstić information content (AvgIpc) is 3.24. The summed E-state index contributed by atoms with van der Waals surface area (Å²) in [6, 6.07) is 6.33. The van der Waals surface area contributed by atoms with Crippen molar-refractivity contribution in [2.75, 3.05) is 6.79 Å². The van der Waals surface area contributed by atoms with E-state index in [0.717, 1.165) is 11.5 Å². The van der Waals surface area contributed by atoms with Gasteiger partial charge in [-0.3, -0.25) is 4.79 Å². The van der Waals surface area contributed by atoms with Crippen molar-refractivity contribution in [3.63, 3.8) is 0 Å². The van der Waals surface area contributed by atoms with Crippen molar-refractivity contribution in [1.29, 1.82) is 0 Å². The van der Waals surface area contributed by atoms with E-state index in [0.29, 0.717) is 60.6 Å². The summed E-state index contributed by atoms with van der Waals surface area (Å²) in [7, 11) is 0. The SMILES string of the molecule is O=C(O)CC1C2C=CC3C(c4ccc5c(c4)OCO5)C=CC4CC1C2C43. The molecule has 0 saturated heterocycles. The van der Waals surface area contributed by atoms with Gasteiger partial charge in [-0.05, 0) is 65.5 Å². The predicted octanol–water partition coefficient (Wildman–Crippen LogP) is 3.84. The Bertz CT molecular complexity index is 841. The third-order valence-corrected chi connectivity index (χ3v) is 7.64. The summed E-state index contributed by atoms with van der Waals surface area (Å²) in [6.07, 6.45) is 11.0. The van der Waals surface area contributed by atoms with Gasteiger partial charge >= 0.3 is 5.97 Å². The monoisotopic (exact) mass is 350 g/mol. The van der Waals surface area contributed by atoms with E-state index < -0.39 is 5.97 Å². The molecule has 0 aromatic heterocycles. The number of benzene rings is 1. The van der Waals surface area contributed by atoms with E-state index >= 15 is 0 Å². The molecule has 4 heteroatoms. The van der Waals surface area contributed by atoms with Crippen LogP contribution in [0.1, 0.15) is 24.3 Å². The molecule has 0 radical (unpaired) electrons. The topological polar surface area (TPSA) is 55.8 Å².